The van der Waals surface area contributed by atoms with E-state index in [1.54, 1.807) is 0 Å². The maximum Gasteiger partial charge on any atom is 0.222 e. The summed E-state index contributed by atoms with van der Waals surface area (Å²) in [6.45, 7) is 5.95. The van der Waals surface area contributed by atoms with Gasteiger partial charge >= 0.3 is 0 Å². The van der Waals surface area contributed by atoms with Gasteiger partial charge in [0.2, 0.25) is 5.95 Å². The van der Waals surface area contributed by atoms with E-state index in [0.717, 1.165) is 43.0 Å². The third kappa shape index (κ3) is 1.54. The molecule has 7 nitrogen and oxygen atoms in total. The topological polar surface area (TPSA) is 68.1 Å². The third-order valence-corrected chi connectivity index (χ3v) is 3.57. The number of piperazine rings is 1. The van der Waals surface area contributed by atoms with Crippen LogP contribution in [0.2, 0.25) is 0 Å². The van der Waals surface area contributed by atoms with Crippen LogP contribution in [0, 0.1) is 6.92 Å². The molecule has 3 rings (SSSR count). The standard InChI is InChI=1S/C11H19N7/c1-8-9-10(16(3)14-8)18(11(12)13-9)17-6-4-15(2)5-7-17/h4-7H2,1-3H3,(H2,12,13). The lowest BCUT2D eigenvalue weighted by atomic mass is 10.4. The minimum absolute atomic E-state index is 0.547. The number of hydrogen-bond donors (Lipinski definition) is 1. The molecule has 0 radical (unpaired) electrons. The van der Waals surface area contributed by atoms with Crippen LogP contribution in [0.3, 0.4) is 0 Å². The molecule has 0 aliphatic carbocycles. The lowest BCUT2D eigenvalue weighted by Crippen LogP contribution is -2.50. The lowest BCUT2D eigenvalue weighted by Gasteiger charge is -2.34. The fourth-order valence-electron chi connectivity index (χ4n) is 2.55. The largest absolute Gasteiger partial charge is 0.368 e. The van der Waals surface area contributed by atoms with Crippen LogP contribution in [0.5, 0.6) is 0 Å². The molecule has 0 atom stereocenters. The van der Waals surface area contributed by atoms with Crippen molar-refractivity contribution < 1.29 is 0 Å². The van der Waals surface area contributed by atoms with Gasteiger partial charge in [0, 0.05) is 33.2 Å². The quantitative estimate of drug-likeness (QED) is 0.741. The van der Waals surface area contributed by atoms with Crippen LogP contribution in [0.25, 0.3) is 11.2 Å². The molecule has 0 bridgehead atoms. The third-order valence-electron chi connectivity index (χ3n) is 3.57. The molecule has 1 fully saturated rings. The number of hydrogen-bond acceptors (Lipinski definition) is 5. The van der Waals surface area contributed by atoms with Crippen LogP contribution in [0.15, 0.2) is 0 Å². The molecule has 0 aromatic carbocycles. The van der Waals surface area contributed by atoms with Gasteiger partial charge in [0.25, 0.3) is 0 Å². The predicted molar refractivity (Wildman–Crippen MR) is 71.1 cm³/mol. The van der Waals surface area contributed by atoms with E-state index in [9.17, 15) is 0 Å². The summed E-state index contributed by atoms with van der Waals surface area (Å²) in [6, 6.07) is 0. The van der Waals surface area contributed by atoms with E-state index in [2.05, 4.69) is 27.0 Å². The van der Waals surface area contributed by atoms with Crippen LogP contribution in [-0.4, -0.2) is 57.6 Å². The van der Waals surface area contributed by atoms with Gasteiger partial charge in [-0.05, 0) is 14.0 Å². The SMILES string of the molecule is Cc1nn(C)c2c1nc(N)n2N1CCN(C)CC1. The maximum absolute atomic E-state index is 6.06. The first-order chi connectivity index (χ1) is 8.58. The Morgan fingerprint density at radius 3 is 2.44 bits per heavy atom. The first-order valence-electron chi connectivity index (χ1n) is 6.19. The summed E-state index contributed by atoms with van der Waals surface area (Å²) in [7, 11) is 4.07. The number of nitrogens with zero attached hydrogens (tertiary/aromatic N) is 6. The maximum atomic E-state index is 6.06. The molecule has 1 aliphatic heterocycles. The van der Waals surface area contributed by atoms with Crippen molar-refractivity contribution in [3.05, 3.63) is 5.69 Å². The summed E-state index contributed by atoms with van der Waals surface area (Å²) in [5.41, 5.74) is 8.86. The number of rotatable bonds is 1. The monoisotopic (exact) mass is 249 g/mol. The zero-order chi connectivity index (χ0) is 12.9. The number of nitrogens with two attached hydrogens (primary N) is 1. The van der Waals surface area contributed by atoms with Crippen molar-refractivity contribution in [2.75, 3.05) is 44.0 Å². The molecule has 0 unspecified atom stereocenters. The van der Waals surface area contributed by atoms with Gasteiger partial charge in [-0.2, -0.15) is 5.10 Å². The molecular formula is C11H19N7. The molecule has 98 valence electrons. The summed E-state index contributed by atoms with van der Waals surface area (Å²) in [4.78, 5) is 6.74. The van der Waals surface area contributed by atoms with E-state index in [0.29, 0.717) is 5.95 Å². The number of fused-ring (bicyclic) bond motifs is 1. The Balaban J connectivity index is 2.08. The van der Waals surface area contributed by atoms with Crippen molar-refractivity contribution in [1.82, 2.24) is 24.3 Å². The van der Waals surface area contributed by atoms with E-state index in [4.69, 9.17) is 5.73 Å². The first-order valence-corrected chi connectivity index (χ1v) is 6.19. The van der Waals surface area contributed by atoms with E-state index >= 15 is 0 Å². The fourth-order valence-corrected chi connectivity index (χ4v) is 2.55. The zero-order valence-corrected chi connectivity index (χ0v) is 11.1. The summed E-state index contributed by atoms with van der Waals surface area (Å²) in [5, 5.41) is 6.64. The molecule has 1 saturated heterocycles. The zero-order valence-electron chi connectivity index (χ0n) is 11.1. The number of anilines is 1. The summed E-state index contributed by atoms with van der Waals surface area (Å²) in [6.07, 6.45) is 0. The Bertz CT molecular complexity index is 574. The van der Waals surface area contributed by atoms with Gasteiger partial charge in [0.05, 0.1) is 5.69 Å². The molecule has 2 N–H and O–H groups in total. The van der Waals surface area contributed by atoms with Gasteiger partial charge in [-0.25, -0.2) is 14.3 Å². The van der Waals surface area contributed by atoms with Crippen LogP contribution < -0.4 is 10.7 Å². The van der Waals surface area contributed by atoms with Crippen LogP contribution in [0.4, 0.5) is 5.95 Å². The minimum atomic E-state index is 0.547. The molecule has 0 spiro atoms. The second kappa shape index (κ2) is 3.88. The van der Waals surface area contributed by atoms with Crippen molar-refractivity contribution in [1.29, 1.82) is 0 Å². The highest BCUT2D eigenvalue weighted by molar-refractivity contribution is 5.77. The van der Waals surface area contributed by atoms with Crippen LogP contribution >= 0.6 is 0 Å². The summed E-state index contributed by atoms with van der Waals surface area (Å²) < 4.78 is 3.86. The van der Waals surface area contributed by atoms with Crippen molar-refractivity contribution in [3.8, 4) is 0 Å². The van der Waals surface area contributed by atoms with Crippen molar-refractivity contribution in [2.24, 2.45) is 7.05 Å². The first kappa shape index (κ1) is 11.3. The molecule has 0 amide bonds. The Morgan fingerprint density at radius 1 is 1.11 bits per heavy atom. The predicted octanol–water partition coefficient (Wildman–Crippen LogP) is -0.456. The second-order valence-electron chi connectivity index (χ2n) is 4.92. The molecule has 2 aromatic heterocycles. The Kier molecular flexibility index (Phi) is 2.44. The van der Waals surface area contributed by atoms with Gasteiger partial charge in [-0.3, -0.25) is 0 Å². The van der Waals surface area contributed by atoms with E-state index < -0.39 is 0 Å². The molecule has 7 heteroatoms. The number of aromatic nitrogens is 4. The average molecular weight is 249 g/mol. The highest BCUT2D eigenvalue weighted by Crippen LogP contribution is 2.21. The molecule has 1 aliphatic rings. The van der Waals surface area contributed by atoms with E-state index in [1.165, 1.54) is 0 Å². The summed E-state index contributed by atoms with van der Waals surface area (Å²) >= 11 is 0. The average Bonchev–Trinajstić information content (AvgIpc) is 2.79. The fraction of sp³-hybridized carbons (Fsp3) is 0.636. The normalized spacial score (nSPS) is 17.8. The van der Waals surface area contributed by atoms with Crippen molar-refractivity contribution >= 4 is 17.1 Å². The lowest BCUT2D eigenvalue weighted by molar-refractivity contribution is 0.289. The van der Waals surface area contributed by atoms with Gasteiger partial charge in [0.15, 0.2) is 5.65 Å². The molecule has 0 saturated carbocycles. The molecular weight excluding hydrogens is 230 g/mol. The summed E-state index contributed by atoms with van der Waals surface area (Å²) in [5.74, 6) is 0.547. The Hall–Kier alpha value is -1.76. The second-order valence-corrected chi connectivity index (χ2v) is 4.92. The van der Waals surface area contributed by atoms with Gasteiger partial charge < -0.3 is 15.6 Å². The minimum Gasteiger partial charge on any atom is -0.368 e. The van der Waals surface area contributed by atoms with Gasteiger partial charge in [-0.1, -0.05) is 0 Å². The number of nitrogen functional groups attached to an aromatic ring is 1. The van der Waals surface area contributed by atoms with Gasteiger partial charge in [-0.15, -0.1) is 0 Å². The molecule has 2 aromatic rings. The molecule has 3 heterocycles. The van der Waals surface area contributed by atoms with Crippen molar-refractivity contribution in [2.45, 2.75) is 6.92 Å². The number of aryl methyl sites for hydroxylation is 2. The Labute approximate surface area is 106 Å². The number of imidazole rings is 1. The van der Waals surface area contributed by atoms with Crippen molar-refractivity contribution in [3.63, 3.8) is 0 Å². The Morgan fingerprint density at radius 2 is 1.78 bits per heavy atom. The smallest absolute Gasteiger partial charge is 0.222 e. The van der Waals surface area contributed by atoms with Gasteiger partial charge in [0.1, 0.15) is 5.52 Å². The van der Waals surface area contributed by atoms with E-state index in [-0.39, 0.29) is 0 Å². The highest BCUT2D eigenvalue weighted by Gasteiger charge is 2.22. The van der Waals surface area contributed by atoms with Crippen LogP contribution in [-0.2, 0) is 7.05 Å². The van der Waals surface area contributed by atoms with E-state index in [1.807, 2.05) is 23.3 Å². The molecule has 18 heavy (non-hydrogen) atoms. The van der Waals surface area contributed by atoms with Crippen LogP contribution in [0.1, 0.15) is 5.69 Å². The number of likely N-dealkylation sites (N-methyl/N-ethyl adjacent to an activating group) is 1. The highest BCUT2D eigenvalue weighted by atomic mass is 15.6.